The summed E-state index contributed by atoms with van der Waals surface area (Å²) in [6, 6.07) is 0. The third-order valence-corrected chi connectivity index (χ3v) is 3.65. The maximum absolute atomic E-state index is 3.93. The number of rotatable bonds is 3. The molecule has 1 aromatic carbocycles. The molecular formula is C16H24. The molecule has 0 saturated heterocycles. The molecule has 0 aliphatic rings. The van der Waals surface area contributed by atoms with Crippen LogP contribution in [0, 0.1) is 33.6 Å². The molecule has 0 aliphatic carbocycles. The Morgan fingerprint density at radius 2 is 1.38 bits per heavy atom. The summed E-state index contributed by atoms with van der Waals surface area (Å²) in [5, 5.41) is 0. The Kier molecular flexibility index (Phi) is 3.96. The monoisotopic (exact) mass is 216 g/mol. The quantitative estimate of drug-likeness (QED) is 0.683. The Morgan fingerprint density at radius 3 is 1.69 bits per heavy atom. The molecule has 0 spiro atoms. The van der Waals surface area contributed by atoms with Gasteiger partial charge in [-0.05, 0) is 73.4 Å². The van der Waals surface area contributed by atoms with E-state index in [0.29, 0.717) is 5.92 Å². The molecule has 0 heterocycles. The average Bonchev–Trinajstić information content (AvgIpc) is 2.22. The third-order valence-electron chi connectivity index (χ3n) is 3.65. The second-order valence-corrected chi connectivity index (χ2v) is 5.19. The Hall–Kier alpha value is -1.04. The van der Waals surface area contributed by atoms with Gasteiger partial charge in [-0.3, -0.25) is 0 Å². The maximum Gasteiger partial charge on any atom is -0.0198 e. The van der Waals surface area contributed by atoms with Crippen LogP contribution in [0.3, 0.4) is 0 Å². The molecule has 0 N–H and O–H groups in total. The van der Waals surface area contributed by atoms with Crippen LogP contribution >= 0.6 is 0 Å². The molecule has 1 rings (SSSR count). The molecule has 0 atom stereocenters. The lowest BCUT2D eigenvalue weighted by Gasteiger charge is -2.20. The topological polar surface area (TPSA) is 0 Å². The SMILES string of the molecule is C=Cc1c(C)c(C)c(CC(C)C)c(C)c1C. The highest BCUT2D eigenvalue weighted by Gasteiger charge is 2.13. The first-order valence-electron chi connectivity index (χ1n) is 6.11. The molecule has 1 aromatic rings. The van der Waals surface area contributed by atoms with Crippen LogP contribution in [0.15, 0.2) is 6.58 Å². The molecule has 0 heteroatoms. The van der Waals surface area contributed by atoms with Crippen molar-refractivity contribution in [1.29, 1.82) is 0 Å². The molecule has 0 radical (unpaired) electrons. The van der Waals surface area contributed by atoms with Crippen molar-refractivity contribution in [2.45, 2.75) is 48.0 Å². The van der Waals surface area contributed by atoms with E-state index >= 15 is 0 Å². The van der Waals surface area contributed by atoms with Gasteiger partial charge >= 0.3 is 0 Å². The largest absolute Gasteiger partial charge is 0.0984 e. The van der Waals surface area contributed by atoms with Gasteiger partial charge in [0.05, 0.1) is 0 Å². The van der Waals surface area contributed by atoms with Crippen LogP contribution in [-0.2, 0) is 6.42 Å². The Balaban J connectivity index is 3.47. The summed E-state index contributed by atoms with van der Waals surface area (Å²) < 4.78 is 0. The van der Waals surface area contributed by atoms with Crippen LogP contribution < -0.4 is 0 Å². The van der Waals surface area contributed by atoms with E-state index in [4.69, 9.17) is 0 Å². The molecular weight excluding hydrogens is 192 g/mol. The zero-order chi connectivity index (χ0) is 12.5. The maximum atomic E-state index is 3.93. The Morgan fingerprint density at radius 1 is 0.938 bits per heavy atom. The van der Waals surface area contributed by atoms with Gasteiger partial charge < -0.3 is 0 Å². The van der Waals surface area contributed by atoms with Gasteiger partial charge in [-0.2, -0.15) is 0 Å². The van der Waals surface area contributed by atoms with Crippen molar-refractivity contribution in [2.24, 2.45) is 5.92 Å². The van der Waals surface area contributed by atoms with Gasteiger partial charge in [0, 0.05) is 0 Å². The third kappa shape index (κ3) is 2.21. The highest BCUT2D eigenvalue weighted by atomic mass is 14.2. The van der Waals surface area contributed by atoms with Crippen LogP contribution in [0.1, 0.15) is 47.2 Å². The van der Waals surface area contributed by atoms with E-state index in [1.54, 1.807) is 0 Å². The zero-order valence-corrected chi connectivity index (χ0v) is 11.6. The van der Waals surface area contributed by atoms with Crippen molar-refractivity contribution in [3.8, 4) is 0 Å². The van der Waals surface area contributed by atoms with Crippen molar-refractivity contribution in [3.63, 3.8) is 0 Å². The minimum absolute atomic E-state index is 0.714. The van der Waals surface area contributed by atoms with Crippen molar-refractivity contribution in [1.82, 2.24) is 0 Å². The van der Waals surface area contributed by atoms with Crippen molar-refractivity contribution in [3.05, 3.63) is 40.0 Å². The molecule has 0 fully saturated rings. The van der Waals surface area contributed by atoms with Gasteiger partial charge in [-0.15, -0.1) is 0 Å². The molecule has 16 heavy (non-hydrogen) atoms. The second-order valence-electron chi connectivity index (χ2n) is 5.19. The lowest BCUT2D eigenvalue weighted by atomic mass is 9.85. The first-order valence-corrected chi connectivity index (χ1v) is 6.11. The van der Waals surface area contributed by atoms with Crippen molar-refractivity contribution >= 4 is 6.08 Å². The summed E-state index contributed by atoms with van der Waals surface area (Å²) in [7, 11) is 0. The molecule has 0 bridgehead atoms. The van der Waals surface area contributed by atoms with E-state index in [1.165, 1.54) is 39.8 Å². The Labute approximate surface area is 100 Å². The lowest BCUT2D eigenvalue weighted by Crippen LogP contribution is -2.05. The molecule has 0 nitrogen and oxygen atoms in total. The number of hydrogen-bond acceptors (Lipinski definition) is 0. The number of benzene rings is 1. The average molecular weight is 216 g/mol. The van der Waals surface area contributed by atoms with Crippen LogP contribution in [0.2, 0.25) is 0 Å². The van der Waals surface area contributed by atoms with Gasteiger partial charge in [0.1, 0.15) is 0 Å². The van der Waals surface area contributed by atoms with Crippen LogP contribution in [-0.4, -0.2) is 0 Å². The van der Waals surface area contributed by atoms with Crippen molar-refractivity contribution < 1.29 is 0 Å². The molecule has 88 valence electrons. The van der Waals surface area contributed by atoms with Gasteiger partial charge in [-0.25, -0.2) is 0 Å². The van der Waals surface area contributed by atoms with Gasteiger partial charge in [0.25, 0.3) is 0 Å². The van der Waals surface area contributed by atoms with E-state index in [9.17, 15) is 0 Å². The zero-order valence-electron chi connectivity index (χ0n) is 11.6. The second kappa shape index (κ2) is 4.86. The molecule has 0 aliphatic heterocycles. The number of hydrogen-bond donors (Lipinski definition) is 0. The van der Waals surface area contributed by atoms with Crippen molar-refractivity contribution in [2.75, 3.05) is 0 Å². The fourth-order valence-electron chi connectivity index (χ4n) is 2.44. The summed E-state index contributed by atoms with van der Waals surface area (Å²) in [5.41, 5.74) is 8.55. The van der Waals surface area contributed by atoms with Crippen LogP contribution in [0.5, 0.6) is 0 Å². The standard InChI is InChI=1S/C16H24/c1-8-15-11(4)13(6)16(9-10(2)3)14(7)12(15)5/h8,10H,1,9H2,2-7H3. The van der Waals surface area contributed by atoms with E-state index in [-0.39, 0.29) is 0 Å². The highest BCUT2D eigenvalue weighted by Crippen LogP contribution is 2.28. The summed E-state index contributed by atoms with van der Waals surface area (Å²) in [5.74, 6) is 0.714. The first kappa shape index (κ1) is 13.0. The summed E-state index contributed by atoms with van der Waals surface area (Å²) >= 11 is 0. The molecule has 0 amide bonds. The molecule has 0 unspecified atom stereocenters. The van der Waals surface area contributed by atoms with Crippen LogP contribution in [0.25, 0.3) is 6.08 Å². The van der Waals surface area contributed by atoms with Crippen LogP contribution in [0.4, 0.5) is 0 Å². The molecule has 0 aromatic heterocycles. The fraction of sp³-hybridized carbons (Fsp3) is 0.500. The first-order chi connectivity index (χ1) is 7.40. The predicted octanol–water partition coefficient (Wildman–Crippen LogP) is 4.76. The molecule has 0 saturated carbocycles. The van der Waals surface area contributed by atoms with Gasteiger partial charge in [0.15, 0.2) is 0 Å². The normalized spacial score (nSPS) is 10.9. The minimum atomic E-state index is 0.714. The summed E-state index contributed by atoms with van der Waals surface area (Å²) in [4.78, 5) is 0. The van der Waals surface area contributed by atoms with E-state index < -0.39 is 0 Å². The highest BCUT2D eigenvalue weighted by molar-refractivity contribution is 5.62. The summed E-state index contributed by atoms with van der Waals surface area (Å²) in [6.45, 7) is 17.4. The lowest BCUT2D eigenvalue weighted by molar-refractivity contribution is 0.641. The smallest absolute Gasteiger partial charge is 0.0198 e. The van der Waals surface area contributed by atoms with E-state index in [0.717, 1.165) is 0 Å². The van der Waals surface area contributed by atoms with E-state index in [1.807, 2.05) is 6.08 Å². The summed E-state index contributed by atoms with van der Waals surface area (Å²) in [6.07, 6.45) is 3.17. The minimum Gasteiger partial charge on any atom is -0.0984 e. The predicted molar refractivity (Wildman–Crippen MR) is 74.0 cm³/mol. The van der Waals surface area contributed by atoms with E-state index in [2.05, 4.69) is 48.1 Å². The van der Waals surface area contributed by atoms with Gasteiger partial charge in [-0.1, -0.05) is 26.5 Å². The fourth-order valence-corrected chi connectivity index (χ4v) is 2.44. The van der Waals surface area contributed by atoms with Gasteiger partial charge in [0.2, 0.25) is 0 Å². The Bertz CT molecular complexity index is 380.